The topological polar surface area (TPSA) is 179 Å². The number of sulfone groups is 1. The number of fused-ring (bicyclic) bond motifs is 1. The number of anilines is 2. The summed E-state index contributed by atoms with van der Waals surface area (Å²) in [6.45, 7) is -1.11. The number of carbonyl (C=O) groups excluding carboxylic acids is 1. The fourth-order valence-electron chi connectivity index (χ4n) is 4.46. The maximum Gasteiger partial charge on any atom is 1.00 e. The fourth-order valence-corrected chi connectivity index (χ4v) is 5.38. The van der Waals surface area contributed by atoms with E-state index in [2.05, 4.69) is 19.8 Å². The monoisotopic (exact) mass is 762 g/mol. The maximum atomic E-state index is 13.5. The zero-order chi connectivity index (χ0) is 34.3. The van der Waals surface area contributed by atoms with Crippen LogP contribution < -0.4 is 79.0 Å². The van der Waals surface area contributed by atoms with E-state index in [1.807, 2.05) is 6.07 Å². The maximum absolute atomic E-state index is 13.5. The van der Waals surface area contributed by atoms with Gasteiger partial charge in [0.05, 0.1) is 22.8 Å². The molecule has 19 heteroatoms. The van der Waals surface area contributed by atoms with Gasteiger partial charge in [0.25, 0.3) is 0 Å². The molecule has 0 aliphatic carbocycles. The van der Waals surface area contributed by atoms with Crippen molar-refractivity contribution in [2.24, 2.45) is 0 Å². The third-order valence-corrected chi connectivity index (χ3v) is 8.27. The molecule has 0 spiro atoms. The average Bonchev–Trinajstić information content (AvgIpc) is 3.51. The average molecular weight is 763 g/mol. The van der Waals surface area contributed by atoms with Crippen LogP contribution in [-0.2, 0) is 32.2 Å². The van der Waals surface area contributed by atoms with Crippen LogP contribution in [0.1, 0.15) is 11.3 Å². The van der Waals surface area contributed by atoms with Crippen molar-refractivity contribution in [2.75, 3.05) is 30.7 Å². The molecule has 0 saturated heterocycles. The molecular weight excluding hydrogens is 736 g/mol. The summed E-state index contributed by atoms with van der Waals surface area (Å²) in [7, 11) is -6.67. The summed E-state index contributed by atoms with van der Waals surface area (Å²) in [5, 5.41) is 4.23. The molecule has 0 radical (unpaired) electrons. The van der Waals surface area contributed by atoms with Crippen LogP contribution in [0.4, 0.5) is 20.7 Å². The summed E-state index contributed by atoms with van der Waals surface area (Å²) in [5.41, 5.74) is 2.58. The molecule has 0 unspecified atom stereocenters. The van der Waals surface area contributed by atoms with E-state index in [0.717, 1.165) is 11.2 Å². The van der Waals surface area contributed by atoms with E-state index in [-0.39, 0.29) is 90.4 Å². The van der Waals surface area contributed by atoms with Crippen molar-refractivity contribution >= 4 is 58.5 Å². The Balaban J connectivity index is 0.00000338. The molecule has 2 heterocycles. The van der Waals surface area contributed by atoms with Crippen LogP contribution in [0.25, 0.3) is 22.2 Å². The molecule has 5 aromatic rings. The number of nitrogens with one attached hydrogen (secondary N) is 1. The minimum Gasteiger partial charge on any atom is -0.820 e. The van der Waals surface area contributed by atoms with Gasteiger partial charge in [-0.15, -0.1) is 0 Å². The van der Waals surface area contributed by atoms with Crippen molar-refractivity contribution in [1.82, 2.24) is 14.9 Å². The number of hydrogen-bond acceptors (Lipinski definition) is 12. The normalized spacial score (nSPS) is 11.1. The quantitative estimate of drug-likeness (QED) is 0.0824. The smallest absolute Gasteiger partial charge is 0.820 e. The fraction of sp³-hybridized carbons (Fsp3) is 0.194. The predicted molar refractivity (Wildman–Crippen MR) is 172 cm³/mol. The van der Waals surface area contributed by atoms with Gasteiger partial charge >= 0.3 is 65.2 Å². The molecule has 13 nitrogen and oxygen atoms in total. The van der Waals surface area contributed by atoms with Crippen LogP contribution in [0.2, 0.25) is 5.02 Å². The van der Waals surface area contributed by atoms with Gasteiger partial charge < -0.3 is 33.5 Å². The molecule has 252 valence electrons. The number of ether oxygens (including phenoxy) is 2. The molecule has 3 aromatic carbocycles. The van der Waals surface area contributed by atoms with Crippen LogP contribution in [0.15, 0.2) is 83.5 Å². The third kappa shape index (κ3) is 12.4. The number of carbonyl (C=O) groups is 1. The zero-order valence-corrected chi connectivity index (χ0v) is 33.6. The van der Waals surface area contributed by atoms with Gasteiger partial charge in [0.15, 0.2) is 6.79 Å². The van der Waals surface area contributed by atoms with E-state index in [1.54, 1.807) is 54.6 Å². The van der Waals surface area contributed by atoms with Crippen LogP contribution in [0.5, 0.6) is 5.75 Å². The van der Waals surface area contributed by atoms with Gasteiger partial charge in [-0.1, -0.05) is 23.7 Å². The SMILES string of the molecule is CS(=O)(=O)CCN(Cc1ccc(-c2ccc3ncnc(Nc4ccc(OCc5cccc(F)c5)c(Cl)c4)c3c2)o1)C(=O)OCOP([O-])[O-].[Na+].[Na+]. The Labute approximate surface area is 337 Å². The summed E-state index contributed by atoms with van der Waals surface area (Å²) < 4.78 is 57.7. The van der Waals surface area contributed by atoms with Crippen LogP contribution in [0, 0.1) is 5.82 Å². The van der Waals surface area contributed by atoms with Crippen molar-refractivity contribution in [3.8, 4) is 17.1 Å². The molecule has 1 amide bonds. The van der Waals surface area contributed by atoms with Gasteiger partial charge in [-0.05, 0) is 66.2 Å². The first-order chi connectivity index (χ1) is 22.9. The van der Waals surface area contributed by atoms with Crippen molar-refractivity contribution in [2.45, 2.75) is 13.2 Å². The Bertz CT molecular complexity index is 2030. The van der Waals surface area contributed by atoms with Crippen LogP contribution >= 0.6 is 20.2 Å². The summed E-state index contributed by atoms with van der Waals surface area (Å²) >= 11 is 6.48. The van der Waals surface area contributed by atoms with E-state index < -0.39 is 31.3 Å². The third-order valence-electron chi connectivity index (χ3n) is 6.74. The number of rotatable bonds is 14. The van der Waals surface area contributed by atoms with Gasteiger partial charge in [0.2, 0.25) is 0 Å². The molecule has 0 bridgehead atoms. The molecule has 0 atom stereocenters. The Morgan fingerprint density at radius 3 is 2.58 bits per heavy atom. The van der Waals surface area contributed by atoms with E-state index in [4.69, 9.17) is 25.5 Å². The van der Waals surface area contributed by atoms with E-state index in [9.17, 15) is 27.4 Å². The predicted octanol–water partition coefficient (Wildman–Crippen LogP) is -1.08. The van der Waals surface area contributed by atoms with Crippen molar-refractivity contribution in [3.05, 3.63) is 101 Å². The standard InChI is InChI=1S/C31H27ClFN4O9PS.2Na/c1-48(41,42)12-11-37(31(38)44-19-45-47(39)40)16-24-7-10-28(46-24)21-5-8-27-25(14-21)30(35-18-34-27)36-23-6-9-29(26(32)15-23)43-17-20-3-2-4-22(33)13-20;;/h2-10,13-15,18H,11-12,16-17,19H2,1H3,(H,34,35,36);;/q-2;2*+1. The number of amides is 1. The summed E-state index contributed by atoms with van der Waals surface area (Å²) in [4.78, 5) is 43.6. The second-order valence-corrected chi connectivity index (χ2v) is 13.7. The first-order valence-corrected chi connectivity index (χ1v) is 17.6. The first kappa shape index (κ1) is 42.0. The number of benzene rings is 3. The summed E-state index contributed by atoms with van der Waals surface area (Å²) in [6, 6.07) is 19.9. The number of halogens is 2. The second kappa shape index (κ2) is 19.5. The number of nitrogens with zero attached hydrogens (tertiary/aromatic N) is 3. The number of furan rings is 1. The zero-order valence-electron chi connectivity index (χ0n) is 27.2. The Hall–Kier alpha value is -2.37. The number of hydrogen-bond donors (Lipinski definition) is 1. The summed E-state index contributed by atoms with van der Waals surface area (Å²) in [6.07, 6.45) is 1.45. The van der Waals surface area contributed by atoms with E-state index in [0.29, 0.717) is 55.8 Å². The van der Waals surface area contributed by atoms with Crippen LogP contribution in [0.3, 0.4) is 0 Å². The molecular formula is C31H27ClFN4Na2O9PS. The minimum absolute atomic E-state index is 0. The van der Waals surface area contributed by atoms with Crippen molar-refractivity contribution < 1.29 is 105 Å². The molecule has 0 saturated carbocycles. The molecule has 1 N–H and O–H groups in total. The Morgan fingerprint density at radius 2 is 1.86 bits per heavy atom. The minimum atomic E-state index is -3.43. The largest absolute Gasteiger partial charge is 1.00 e. The van der Waals surface area contributed by atoms with Gasteiger partial charge in [0, 0.05) is 29.4 Å². The van der Waals surface area contributed by atoms with Gasteiger partial charge in [-0.25, -0.2) is 27.6 Å². The first-order valence-electron chi connectivity index (χ1n) is 14.1. The van der Waals surface area contributed by atoms with Gasteiger partial charge in [0.1, 0.15) is 51.7 Å². The van der Waals surface area contributed by atoms with E-state index >= 15 is 0 Å². The van der Waals surface area contributed by atoms with Gasteiger partial charge in [-0.3, -0.25) is 4.90 Å². The molecule has 5 rings (SSSR count). The Morgan fingerprint density at radius 1 is 1.06 bits per heavy atom. The number of aromatic nitrogens is 2. The molecule has 2 aromatic heterocycles. The van der Waals surface area contributed by atoms with E-state index in [1.165, 1.54) is 18.5 Å². The van der Waals surface area contributed by atoms with Crippen molar-refractivity contribution in [1.29, 1.82) is 0 Å². The second-order valence-electron chi connectivity index (χ2n) is 10.3. The van der Waals surface area contributed by atoms with Crippen LogP contribution in [-0.4, -0.2) is 54.7 Å². The Kier molecular flexibility index (Phi) is 16.4. The molecule has 0 fully saturated rings. The molecule has 50 heavy (non-hydrogen) atoms. The van der Waals surface area contributed by atoms with Gasteiger partial charge in [-0.2, -0.15) is 8.60 Å². The molecule has 0 aliphatic rings. The van der Waals surface area contributed by atoms with Crippen molar-refractivity contribution in [3.63, 3.8) is 0 Å². The summed E-state index contributed by atoms with van der Waals surface area (Å²) in [5.74, 6) is 0.936. The molecule has 0 aliphatic heterocycles.